The van der Waals surface area contributed by atoms with E-state index in [1.165, 1.54) is 12.8 Å². The maximum absolute atomic E-state index is 11.4. The molecule has 3 nitrogen and oxygen atoms in total. The zero-order valence-corrected chi connectivity index (χ0v) is 12.5. The third kappa shape index (κ3) is 2.37. The Bertz CT molecular complexity index is 680. The molecule has 0 amide bonds. The topological polar surface area (TPSA) is 40.5 Å². The Hall–Kier alpha value is -2.03. The molecule has 1 N–H and O–H groups in total. The van der Waals surface area contributed by atoms with Crippen molar-refractivity contribution in [3.05, 3.63) is 42.0 Å². The first-order chi connectivity index (χ1) is 10.1. The summed E-state index contributed by atoms with van der Waals surface area (Å²) in [4.78, 5) is 13.8. The number of carbonyl (C=O) groups is 1. The van der Waals surface area contributed by atoms with Crippen LogP contribution < -0.4 is 4.90 Å². The Morgan fingerprint density at radius 2 is 1.86 bits per heavy atom. The molecule has 110 valence electrons. The van der Waals surface area contributed by atoms with E-state index in [1.807, 2.05) is 30.3 Å². The number of anilines is 1. The summed E-state index contributed by atoms with van der Waals surface area (Å²) in [5, 5.41) is 11.2. The lowest BCUT2D eigenvalue weighted by atomic mass is 9.90. The number of nitrogens with zero attached hydrogens (tertiary/aromatic N) is 1. The van der Waals surface area contributed by atoms with E-state index in [0.29, 0.717) is 17.5 Å². The molecule has 2 aromatic carbocycles. The lowest BCUT2D eigenvalue weighted by Crippen LogP contribution is -2.42. The first-order valence-corrected chi connectivity index (χ1v) is 7.61. The van der Waals surface area contributed by atoms with Gasteiger partial charge in [0.25, 0.3) is 0 Å². The fraction of sp³-hybridized carbons (Fsp3) is 0.389. The number of fused-ring (bicyclic) bond motifs is 1. The van der Waals surface area contributed by atoms with Gasteiger partial charge in [0.1, 0.15) is 0 Å². The van der Waals surface area contributed by atoms with E-state index < -0.39 is 5.97 Å². The summed E-state index contributed by atoms with van der Waals surface area (Å²) in [7, 11) is 0. The van der Waals surface area contributed by atoms with E-state index in [1.54, 1.807) is 6.07 Å². The minimum Gasteiger partial charge on any atom is -0.478 e. The van der Waals surface area contributed by atoms with Crippen LogP contribution in [-0.4, -0.2) is 23.7 Å². The van der Waals surface area contributed by atoms with Crippen LogP contribution in [-0.2, 0) is 0 Å². The SMILES string of the molecule is CC1CCCN(c2ccc(C(=O)O)c3ccccc23)C1C. The molecule has 1 saturated heterocycles. The van der Waals surface area contributed by atoms with Crippen LogP contribution in [0.4, 0.5) is 5.69 Å². The van der Waals surface area contributed by atoms with Crippen molar-refractivity contribution in [1.82, 2.24) is 0 Å². The van der Waals surface area contributed by atoms with Crippen molar-refractivity contribution >= 4 is 22.4 Å². The number of carboxylic acids is 1. The monoisotopic (exact) mass is 283 g/mol. The average Bonchev–Trinajstić information content (AvgIpc) is 2.49. The average molecular weight is 283 g/mol. The second kappa shape index (κ2) is 5.40. The van der Waals surface area contributed by atoms with Gasteiger partial charge in [-0.2, -0.15) is 0 Å². The second-order valence-corrected chi connectivity index (χ2v) is 6.04. The number of aromatic carboxylic acids is 1. The van der Waals surface area contributed by atoms with E-state index in [9.17, 15) is 9.90 Å². The van der Waals surface area contributed by atoms with Crippen LogP contribution in [0.25, 0.3) is 10.8 Å². The Morgan fingerprint density at radius 3 is 2.57 bits per heavy atom. The van der Waals surface area contributed by atoms with Gasteiger partial charge in [0.05, 0.1) is 5.56 Å². The van der Waals surface area contributed by atoms with E-state index >= 15 is 0 Å². The number of hydrogen-bond donors (Lipinski definition) is 1. The minimum absolute atomic E-state index is 0.382. The summed E-state index contributed by atoms with van der Waals surface area (Å²) >= 11 is 0. The van der Waals surface area contributed by atoms with Crippen molar-refractivity contribution in [1.29, 1.82) is 0 Å². The molecule has 3 rings (SSSR count). The molecule has 0 bridgehead atoms. The van der Waals surface area contributed by atoms with Crippen molar-refractivity contribution in [3.63, 3.8) is 0 Å². The Kier molecular flexibility index (Phi) is 3.58. The van der Waals surface area contributed by atoms with Crippen LogP contribution in [0.2, 0.25) is 0 Å². The van der Waals surface area contributed by atoms with Crippen molar-refractivity contribution in [2.24, 2.45) is 5.92 Å². The van der Waals surface area contributed by atoms with Gasteiger partial charge in [-0.25, -0.2) is 4.79 Å². The number of hydrogen-bond acceptors (Lipinski definition) is 2. The highest BCUT2D eigenvalue weighted by atomic mass is 16.4. The highest BCUT2D eigenvalue weighted by Crippen LogP contribution is 2.34. The molecule has 2 aromatic rings. The van der Waals surface area contributed by atoms with E-state index in [-0.39, 0.29) is 0 Å². The molecule has 0 aromatic heterocycles. The maximum Gasteiger partial charge on any atom is 0.336 e. The molecule has 3 heteroatoms. The molecular weight excluding hydrogens is 262 g/mol. The molecule has 1 heterocycles. The predicted octanol–water partition coefficient (Wildman–Crippen LogP) is 4.16. The van der Waals surface area contributed by atoms with Crippen molar-refractivity contribution in [2.75, 3.05) is 11.4 Å². The van der Waals surface area contributed by atoms with Crippen molar-refractivity contribution < 1.29 is 9.90 Å². The van der Waals surface area contributed by atoms with Crippen LogP contribution in [0.5, 0.6) is 0 Å². The maximum atomic E-state index is 11.4. The van der Waals surface area contributed by atoms with Crippen LogP contribution in [0.1, 0.15) is 37.0 Å². The van der Waals surface area contributed by atoms with Crippen molar-refractivity contribution in [3.8, 4) is 0 Å². The third-order valence-electron chi connectivity index (χ3n) is 4.81. The largest absolute Gasteiger partial charge is 0.478 e. The summed E-state index contributed by atoms with van der Waals surface area (Å²) in [5.74, 6) is -0.200. The highest BCUT2D eigenvalue weighted by Gasteiger charge is 2.26. The van der Waals surface area contributed by atoms with E-state index in [4.69, 9.17) is 0 Å². The molecule has 1 fully saturated rings. The smallest absolute Gasteiger partial charge is 0.336 e. The first kappa shape index (κ1) is 13.9. The molecule has 0 radical (unpaired) electrons. The van der Waals surface area contributed by atoms with Crippen LogP contribution in [0, 0.1) is 5.92 Å². The lowest BCUT2D eigenvalue weighted by molar-refractivity contribution is 0.0699. The first-order valence-electron chi connectivity index (χ1n) is 7.61. The quantitative estimate of drug-likeness (QED) is 0.899. The van der Waals surface area contributed by atoms with Crippen LogP contribution >= 0.6 is 0 Å². The molecule has 2 unspecified atom stereocenters. The Balaban J connectivity index is 2.16. The van der Waals surface area contributed by atoms with Gasteiger partial charge < -0.3 is 10.0 Å². The van der Waals surface area contributed by atoms with Gasteiger partial charge in [-0.3, -0.25) is 0 Å². The molecule has 1 aliphatic rings. The predicted molar refractivity (Wildman–Crippen MR) is 86.1 cm³/mol. The number of piperidine rings is 1. The van der Waals surface area contributed by atoms with E-state index in [2.05, 4.69) is 18.7 Å². The summed E-state index contributed by atoms with van der Waals surface area (Å²) in [6.07, 6.45) is 2.46. The lowest BCUT2D eigenvalue weighted by Gasteiger charge is -2.40. The van der Waals surface area contributed by atoms with E-state index in [0.717, 1.165) is 23.0 Å². The number of benzene rings is 2. The van der Waals surface area contributed by atoms with Gasteiger partial charge >= 0.3 is 5.97 Å². The number of carboxylic acid groups (broad SMARTS) is 1. The molecule has 21 heavy (non-hydrogen) atoms. The van der Waals surface area contributed by atoms with Gasteiger partial charge in [-0.15, -0.1) is 0 Å². The number of rotatable bonds is 2. The second-order valence-electron chi connectivity index (χ2n) is 6.04. The third-order valence-corrected chi connectivity index (χ3v) is 4.81. The molecule has 0 saturated carbocycles. The molecule has 2 atom stereocenters. The Morgan fingerprint density at radius 1 is 1.14 bits per heavy atom. The van der Waals surface area contributed by atoms with Gasteiger partial charge in [0.15, 0.2) is 0 Å². The summed E-state index contributed by atoms with van der Waals surface area (Å²) in [5.41, 5.74) is 1.54. The fourth-order valence-corrected chi connectivity index (χ4v) is 3.40. The van der Waals surface area contributed by atoms with Gasteiger partial charge in [-0.1, -0.05) is 31.2 Å². The summed E-state index contributed by atoms with van der Waals surface area (Å²) in [6.45, 7) is 5.61. The molecule has 0 aliphatic carbocycles. The Labute approximate surface area is 125 Å². The van der Waals surface area contributed by atoms with Gasteiger partial charge in [-0.05, 0) is 43.2 Å². The molecule has 0 spiro atoms. The minimum atomic E-state index is -0.863. The molecule has 1 aliphatic heterocycles. The van der Waals surface area contributed by atoms with Crippen LogP contribution in [0.3, 0.4) is 0 Å². The standard InChI is InChI=1S/C18H21NO2/c1-12-6-5-11-19(13(12)2)17-10-9-16(18(20)21)14-7-3-4-8-15(14)17/h3-4,7-10,12-13H,5-6,11H2,1-2H3,(H,20,21). The molecular formula is C18H21NO2. The van der Waals surface area contributed by atoms with Gasteiger partial charge in [0.2, 0.25) is 0 Å². The zero-order valence-electron chi connectivity index (χ0n) is 12.5. The summed E-state index contributed by atoms with van der Waals surface area (Å²) < 4.78 is 0. The highest BCUT2D eigenvalue weighted by molar-refractivity contribution is 6.07. The van der Waals surface area contributed by atoms with Crippen molar-refractivity contribution in [2.45, 2.75) is 32.7 Å². The summed E-state index contributed by atoms with van der Waals surface area (Å²) in [6, 6.07) is 12.0. The fourth-order valence-electron chi connectivity index (χ4n) is 3.40. The van der Waals surface area contributed by atoms with Crippen LogP contribution in [0.15, 0.2) is 36.4 Å². The zero-order chi connectivity index (χ0) is 15.0. The van der Waals surface area contributed by atoms with Gasteiger partial charge in [0, 0.05) is 23.7 Å². The normalized spacial score (nSPS) is 22.5.